The highest BCUT2D eigenvalue weighted by Crippen LogP contribution is 2.34. The highest BCUT2D eigenvalue weighted by atomic mass is 16.5. The maximum atomic E-state index is 13.1. The minimum atomic E-state index is -0.315. The maximum absolute atomic E-state index is 13.1. The molecule has 0 aliphatic carbocycles. The Morgan fingerprint density at radius 3 is 2.17 bits per heavy atom. The van der Waals surface area contributed by atoms with Crippen molar-refractivity contribution in [2.45, 2.75) is 34.1 Å². The Balaban J connectivity index is 2.03. The molecule has 30 heavy (non-hydrogen) atoms. The van der Waals surface area contributed by atoms with Crippen LogP contribution in [0.5, 0.6) is 11.5 Å². The Labute approximate surface area is 177 Å². The molecular formula is C24H28N2O4. The number of rotatable bonds is 9. The number of nitrogens with one attached hydrogen (secondary N) is 1. The highest BCUT2D eigenvalue weighted by molar-refractivity contribution is 6.36. The summed E-state index contributed by atoms with van der Waals surface area (Å²) in [7, 11) is 0. The first kappa shape index (κ1) is 21.4. The minimum absolute atomic E-state index is 0.274. The predicted octanol–water partition coefficient (Wildman–Crippen LogP) is 4.39. The number of amides is 2. The SMILES string of the molecule is CCCN1C(=O)C(Nc2ccc(OCC)c(OCC)c2)=C(c2ccc(C)cc2)C1=O. The number of hydrogen-bond donors (Lipinski definition) is 1. The van der Waals surface area contributed by atoms with E-state index in [1.807, 2.05) is 58.0 Å². The molecule has 1 N–H and O–H groups in total. The zero-order valence-corrected chi connectivity index (χ0v) is 18.0. The third-order valence-electron chi connectivity index (χ3n) is 4.77. The summed E-state index contributed by atoms with van der Waals surface area (Å²) in [6.07, 6.45) is 0.698. The summed E-state index contributed by atoms with van der Waals surface area (Å²) in [5.74, 6) is 0.636. The number of imide groups is 1. The molecule has 0 saturated heterocycles. The lowest BCUT2D eigenvalue weighted by atomic mass is 10.0. The molecule has 6 heteroatoms. The Kier molecular flexibility index (Phi) is 6.77. The van der Waals surface area contributed by atoms with Crippen LogP contribution in [0, 0.1) is 6.92 Å². The van der Waals surface area contributed by atoms with Crippen LogP contribution in [0.25, 0.3) is 5.57 Å². The maximum Gasteiger partial charge on any atom is 0.278 e. The average Bonchev–Trinajstić information content (AvgIpc) is 2.96. The number of anilines is 1. The molecule has 158 valence electrons. The van der Waals surface area contributed by atoms with Gasteiger partial charge in [-0.1, -0.05) is 36.8 Å². The molecule has 0 spiro atoms. The molecular weight excluding hydrogens is 380 g/mol. The zero-order chi connectivity index (χ0) is 21.7. The standard InChI is InChI=1S/C24H28N2O4/c1-5-14-26-23(27)21(17-10-8-16(4)9-11-17)22(24(26)28)25-18-12-13-19(29-6-2)20(15-18)30-7-3/h8-13,15,25H,5-7,14H2,1-4H3. The topological polar surface area (TPSA) is 67.9 Å². The first-order valence-corrected chi connectivity index (χ1v) is 10.3. The van der Waals surface area contributed by atoms with Crippen LogP contribution in [0.4, 0.5) is 5.69 Å². The van der Waals surface area contributed by atoms with E-state index in [1.165, 1.54) is 4.90 Å². The van der Waals surface area contributed by atoms with E-state index in [4.69, 9.17) is 9.47 Å². The van der Waals surface area contributed by atoms with Crippen LogP contribution in [0.1, 0.15) is 38.3 Å². The summed E-state index contributed by atoms with van der Waals surface area (Å²) in [5.41, 5.74) is 3.13. The van der Waals surface area contributed by atoms with Crippen LogP contribution in [0.2, 0.25) is 0 Å². The van der Waals surface area contributed by atoms with E-state index < -0.39 is 0 Å². The van der Waals surface area contributed by atoms with Crippen molar-refractivity contribution in [1.82, 2.24) is 4.90 Å². The van der Waals surface area contributed by atoms with Gasteiger partial charge in [0.15, 0.2) is 11.5 Å². The lowest BCUT2D eigenvalue weighted by molar-refractivity contribution is -0.136. The van der Waals surface area contributed by atoms with E-state index in [-0.39, 0.29) is 17.5 Å². The minimum Gasteiger partial charge on any atom is -0.490 e. The average molecular weight is 408 g/mol. The molecule has 6 nitrogen and oxygen atoms in total. The van der Waals surface area contributed by atoms with Gasteiger partial charge in [-0.15, -0.1) is 0 Å². The van der Waals surface area contributed by atoms with Crippen molar-refractivity contribution in [3.8, 4) is 11.5 Å². The van der Waals surface area contributed by atoms with E-state index in [2.05, 4.69) is 5.32 Å². The van der Waals surface area contributed by atoms with Crippen molar-refractivity contribution < 1.29 is 19.1 Å². The lowest BCUT2D eigenvalue weighted by Gasteiger charge is -2.15. The Bertz CT molecular complexity index is 964. The molecule has 3 rings (SSSR count). The second kappa shape index (κ2) is 9.48. The first-order valence-electron chi connectivity index (χ1n) is 10.3. The number of hydrogen-bond acceptors (Lipinski definition) is 5. The van der Waals surface area contributed by atoms with E-state index in [0.29, 0.717) is 48.9 Å². The molecule has 1 aliphatic heterocycles. The van der Waals surface area contributed by atoms with Crippen LogP contribution in [0.3, 0.4) is 0 Å². The quantitative estimate of drug-likeness (QED) is 0.623. The van der Waals surface area contributed by atoms with Crippen LogP contribution in [0.15, 0.2) is 48.2 Å². The van der Waals surface area contributed by atoms with Gasteiger partial charge in [0, 0.05) is 18.3 Å². The van der Waals surface area contributed by atoms with Gasteiger partial charge in [0.1, 0.15) is 5.70 Å². The van der Waals surface area contributed by atoms with Crippen LogP contribution < -0.4 is 14.8 Å². The number of nitrogens with zero attached hydrogens (tertiary/aromatic N) is 1. The molecule has 0 atom stereocenters. The fraction of sp³-hybridized carbons (Fsp3) is 0.333. The second-order valence-electron chi connectivity index (χ2n) is 7.03. The van der Waals surface area contributed by atoms with Gasteiger partial charge in [0.05, 0.1) is 18.8 Å². The van der Waals surface area contributed by atoms with Crippen LogP contribution in [-0.4, -0.2) is 36.5 Å². The van der Waals surface area contributed by atoms with Crippen molar-refractivity contribution in [1.29, 1.82) is 0 Å². The Hall–Kier alpha value is -3.28. The molecule has 2 amide bonds. The van der Waals surface area contributed by atoms with E-state index >= 15 is 0 Å². The van der Waals surface area contributed by atoms with Gasteiger partial charge in [0.2, 0.25) is 0 Å². The van der Waals surface area contributed by atoms with Gasteiger partial charge in [-0.05, 0) is 44.9 Å². The van der Waals surface area contributed by atoms with Crippen molar-refractivity contribution in [2.75, 3.05) is 25.1 Å². The molecule has 1 heterocycles. The molecule has 2 aromatic rings. The number of benzene rings is 2. The number of carbonyl (C=O) groups is 2. The highest BCUT2D eigenvalue weighted by Gasteiger charge is 2.38. The summed E-state index contributed by atoms with van der Waals surface area (Å²) in [4.78, 5) is 27.4. The van der Waals surface area contributed by atoms with E-state index in [0.717, 1.165) is 11.1 Å². The van der Waals surface area contributed by atoms with Crippen LogP contribution >= 0.6 is 0 Å². The smallest absolute Gasteiger partial charge is 0.278 e. The van der Waals surface area contributed by atoms with E-state index in [9.17, 15) is 9.59 Å². The summed E-state index contributed by atoms with van der Waals surface area (Å²) in [6, 6.07) is 13.0. The monoisotopic (exact) mass is 408 g/mol. The van der Waals surface area contributed by atoms with Crippen molar-refractivity contribution in [2.24, 2.45) is 0 Å². The van der Waals surface area contributed by atoms with Crippen molar-refractivity contribution in [3.05, 3.63) is 59.3 Å². The largest absolute Gasteiger partial charge is 0.490 e. The number of ether oxygens (including phenoxy) is 2. The Morgan fingerprint density at radius 1 is 0.867 bits per heavy atom. The van der Waals surface area contributed by atoms with Gasteiger partial charge in [0.25, 0.3) is 11.8 Å². The lowest BCUT2D eigenvalue weighted by Crippen LogP contribution is -2.33. The molecule has 0 fully saturated rings. The number of aryl methyl sites for hydroxylation is 1. The summed E-state index contributed by atoms with van der Waals surface area (Å²) in [6.45, 7) is 9.12. The summed E-state index contributed by atoms with van der Waals surface area (Å²) in [5, 5.41) is 3.17. The molecule has 1 aliphatic rings. The molecule has 0 bridgehead atoms. The Morgan fingerprint density at radius 2 is 1.53 bits per heavy atom. The first-order chi connectivity index (χ1) is 14.5. The molecule has 0 saturated carbocycles. The van der Waals surface area contributed by atoms with Crippen molar-refractivity contribution in [3.63, 3.8) is 0 Å². The number of carbonyl (C=O) groups excluding carboxylic acids is 2. The fourth-order valence-corrected chi connectivity index (χ4v) is 3.38. The summed E-state index contributed by atoms with van der Waals surface area (Å²) < 4.78 is 11.3. The van der Waals surface area contributed by atoms with Crippen LogP contribution in [-0.2, 0) is 9.59 Å². The van der Waals surface area contributed by atoms with Gasteiger partial charge in [-0.3, -0.25) is 14.5 Å². The second-order valence-corrected chi connectivity index (χ2v) is 7.03. The van der Waals surface area contributed by atoms with Gasteiger partial charge >= 0.3 is 0 Å². The van der Waals surface area contributed by atoms with Gasteiger partial charge < -0.3 is 14.8 Å². The molecule has 0 unspecified atom stereocenters. The van der Waals surface area contributed by atoms with E-state index in [1.54, 1.807) is 12.1 Å². The van der Waals surface area contributed by atoms with Gasteiger partial charge in [-0.25, -0.2) is 0 Å². The predicted molar refractivity (Wildman–Crippen MR) is 118 cm³/mol. The molecule has 0 radical (unpaired) electrons. The molecule has 0 aromatic heterocycles. The third kappa shape index (κ3) is 4.32. The zero-order valence-electron chi connectivity index (χ0n) is 18.0. The van der Waals surface area contributed by atoms with Gasteiger partial charge in [-0.2, -0.15) is 0 Å². The van der Waals surface area contributed by atoms with Crippen molar-refractivity contribution >= 4 is 23.1 Å². The molecule has 2 aromatic carbocycles. The summed E-state index contributed by atoms with van der Waals surface area (Å²) >= 11 is 0. The third-order valence-corrected chi connectivity index (χ3v) is 4.77. The normalized spacial score (nSPS) is 13.8. The fourth-order valence-electron chi connectivity index (χ4n) is 3.38.